The van der Waals surface area contributed by atoms with Crippen molar-refractivity contribution in [3.05, 3.63) is 22.8 Å². The van der Waals surface area contributed by atoms with Crippen LogP contribution in [0.3, 0.4) is 0 Å². The van der Waals surface area contributed by atoms with E-state index in [2.05, 4.69) is 38.0 Å². The molecule has 0 amide bonds. The molecule has 1 rings (SSSR count). The van der Waals surface area contributed by atoms with E-state index >= 15 is 0 Å². The lowest BCUT2D eigenvalue weighted by atomic mass is 10.5. The fourth-order valence-electron chi connectivity index (χ4n) is 0.717. The first kappa shape index (κ1) is 9.41. The monoisotopic (exact) mass is 231 g/mol. The molecule has 0 atom stereocenters. The second-order valence-corrected chi connectivity index (χ2v) is 3.48. The minimum absolute atomic E-state index is 0.575. The summed E-state index contributed by atoms with van der Waals surface area (Å²) in [4.78, 5) is 4.02. The van der Waals surface area contributed by atoms with Gasteiger partial charge >= 0.3 is 0 Å². The summed E-state index contributed by atoms with van der Waals surface area (Å²) in [7, 11) is 0. The zero-order valence-corrected chi connectivity index (χ0v) is 8.39. The Labute approximate surface area is 79.2 Å². The predicted octanol–water partition coefficient (Wildman–Crippen LogP) is 1.38. The van der Waals surface area contributed by atoms with Gasteiger partial charge in [-0.1, -0.05) is 27.7 Å². The van der Waals surface area contributed by atoms with Gasteiger partial charge in [0.25, 0.3) is 0 Å². The molecule has 1 heterocycles. The lowest BCUT2D eigenvalue weighted by molar-refractivity contribution is 0.366. The maximum atomic E-state index is 4.88. The van der Waals surface area contributed by atoms with Crippen molar-refractivity contribution in [1.82, 2.24) is 15.5 Å². The molecule has 0 aliphatic rings. The minimum atomic E-state index is 0.575. The van der Waals surface area contributed by atoms with Gasteiger partial charge in [-0.2, -0.15) is 4.98 Å². The predicted molar refractivity (Wildman–Crippen MR) is 48.8 cm³/mol. The highest BCUT2D eigenvalue weighted by Gasteiger charge is 2.00. The summed E-state index contributed by atoms with van der Waals surface area (Å²) in [5.41, 5.74) is 0. The molecule has 0 aliphatic heterocycles. The Hall–Kier alpha value is -0.680. The molecular weight excluding hydrogens is 222 g/mol. The van der Waals surface area contributed by atoms with Crippen molar-refractivity contribution in [3.8, 4) is 0 Å². The van der Waals surface area contributed by atoms with Crippen LogP contribution >= 0.6 is 15.9 Å². The summed E-state index contributed by atoms with van der Waals surface area (Å²) in [6.45, 7) is 6.74. The second kappa shape index (κ2) is 4.37. The van der Waals surface area contributed by atoms with Gasteiger partial charge in [0.1, 0.15) is 0 Å². The van der Waals surface area contributed by atoms with E-state index in [4.69, 9.17) is 4.52 Å². The maximum Gasteiger partial charge on any atom is 0.240 e. The highest BCUT2D eigenvalue weighted by Crippen LogP contribution is 1.99. The number of nitrogens with one attached hydrogen (secondary N) is 1. The van der Waals surface area contributed by atoms with Crippen molar-refractivity contribution in [2.24, 2.45) is 0 Å². The number of hydrogen-bond donors (Lipinski definition) is 1. The Kier molecular flexibility index (Phi) is 3.43. The topological polar surface area (TPSA) is 51.0 Å². The van der Waals surface area contributed by atoms with E-state index in [0.29, 0.717) is 24.8 Å². The first-order valence-corrected chi connectivity index (χ1v) is 4.31. The Morgan fingerprint density at radius 3 is 3.00 bits per heavy atom. The Morgan fingerprint density at radius 1 is 1.75 bits per heavy atom. The van der Waals surface area contributed by atoms with Gasteiger partial charge in [-0.25, -0.2) is 0 Å². The smallest absolute Gasteiger partial charge is 0.240 e. The second-order valence-electron chi connectivity index (χ2n) is 2.36. The molecule has 1 aromatic rings. The van der Waals surface area contributed by atoms with E-state index in [1.54, 1.807) is 6.92 Å². The van der Waals surface area contributed by atoms with Crippen molar-refractivity contribution in [2.75, 3.05) is 6.54 Å². The highest BCUT2D eigenvalue weighted by atomic mass is 79.9. The van der Waals surface area contributed by atoms with Crippen LogP contribution in [0, 0.1) is 6.92 Å². The number of nitrogens with zero attached hydrogens (tertiary/aromatic N) is 2. The molecule has 1 N–H and O–H groups in total. The lowest BCUT2D eigenvalue weighted by Crippen LogP contribution is -2.14. The van der Waals surface area contributed by atoms with E-state index in [1.807, 2.05) is 0 Å². The summed E-state index contributed by atoms with van der Waals surface area (Å²) in [6.07, 6.45) is 0. The molecule has 0 aliphatic carbocycles. The van der Waals surface area contributed by atoms with E-state index in [9.17, 15) is 0 Å². The molecule has 0 spiro atoms. The van der Waals surface area contributed by atoms with Crippen molar-refractivity contribution >= 4 is 15.9 Å². The molecule has 0 aromatic carbocycles. The van der Waals surface area contributed by atoms with Gasteiger partial charge in [0, 0.05) is 11.0 Å². The molecule has 0 saturated heterocycles. The molecule has 0 unspecified atom stereocenters. The molecule has 0 bridgehead atoms. The van der Waals surface area contributed by atoms with Crippen LogP contribution in [0.15, 0.2) is 15.6 Å². The van der Waals surface area contributed by atoms with Gasteiger partial charge in [-0.05, 0) is 6.92 Å². The quantitative estimate of drug-likeness (QED) is 0.851. The Morgan fingerprint density at radius 2 is 2.50 bits per heavy atom. The third-order valence-corrected chi connectivity index (χ3v) is 1.44. The number of aromatic nitrogens is 2. The van der Waals surface area contributed by atoms with Crippen LogP contribution in [-0.4, -0.2) is 16.7 Å². The maximum absolute atomic E-state index is 4.88. The summed E-state index contributed by atoms with van der Waals surface area (Å²) in [5.74, 6) is 1.26. The van der Waals surface area contributed by atoms with E-state index in [-0.39, 0.29) is 0 Å². The van der Waals surface area contributed by atoms with Gasteiger partial charge in [0.2, 0.25) is 5.89 Å². The van der Waals surface area contributed by atoms with E-state index in [1.165, 1.54) is 0 Å². The third-order valence-electron chi connectivity index (χ3n) is 1.16. The first-order valence-electron chi connectivity index (χ1n) is 3.51. The van der Waals surface area contributed by atoms with Crippen molar-refractivity contribution in [3.63, 3.8) is 0 Å². The Balaban J connectivity index is 2.29. The van der Waals surface area contributed by atoms with Crippen molar-refractivity contribution < 1.29 is 4.52 Å². The average Bonchev–Trinajstić information content (AvgIpc) is 2.35. The zero-order valence-electron chi connectivity index (χ0n) is 6.80. The van der Waals surface area contributed by atoms with Gasteiger partial charge in [-0.15, -0.1) is 0 Å². The molecule has 66 valence electrons. The van der Waals surface area contributed by atoms with E-state index < -0.39 is 0 Å². The number of aryl methyl sites for hydroxylation is 1. The number of hydrogen-bond acceptors (Lipinski definition) is 4. The van der Waals surface area contributed by atoms with Crippen LogP contribution in [0.2, 0.25) is 0 Å². The molecule has 1 aromatic heterocycles. The first-order chi connectivity index (χ1) is 5.68. The summed E-state index contributed by atoms with van der Waals surface area (Å²) in [5, 5.41) is 6.73. The fraction of sp³-hybridized carbons (Fsp3) is 0.429. The van der Waals surface area contributed by atoms with Gasteiger partial charge in [0.05, 0.1) is 6.54 Å². The number of rotatable bonds is 4. The van der Waals surface area contributed by atoms with Crippen LogP contribution in [0.4, 0.5) is 0 Å². The SMILES string of the molecule is C=C(Br)CNCc1nc(C)no1. The van der Waals surface area contributed by atoms with Crippen LogP contribution in [-0.2, 0) is 6.54 Å². The average molecular weight is 232 g/mol. The van der Waals surface area contributed by atoms with Gasteiger partial charge in [-0.3, -0.25) is 0 Å². The molecule has 0 saturated carbocycles. The normalized spacial score (nSPS) is 10.2. The summed E-state index contributed by atoms with van der Waals surface area (Å²) >= 11 is 3.23. The van der Waals surface area contributed by atoms with Crippen LogP contribution in [0.1, 0.15) is 11.7 Å². The highest BCUT2D eigenvalue weighted by molar-refractivity contribution is 9.11. The lowest BCUT2D eigenvalue weighted by Gasteiger charge is -1.97. The van der Waals surface area contributed by atoms with Crippen LogP contribution in [0.25, 0.3) is 0 Å². The molecule has 0 radical (unpaired) electrons. The summed E-state index contributed by atoms with van der Waals surface area (Å²) in [6, 6.07) is 0. The van der Waals surface area contributed by atoms with E-state index in [0.717, 1.165) is 4.48 Å². The van der Waals surface area contributed by atoms with Crippen LogP contribution < -0.4 is 5.32 Å². The van der Waals surface area contributed by atoms with Crippen molar-refractivity contribution in [1.29, 1.82) is 0 Å². The molecule has 0 fully saturated rings. The molecular formula is C7H10BrN3O. The summed E-state index contributed by atoms with van der Waals surface area (Å²) < 4.78 is 5.78. The zero-order chi connectivity index (χ0) is 8.97. The fourth-order valence-corrected chi connectivity index (χ4v) is 0.915. The largest absolute Gasteiger partial charge is 0.338 e. The molecule has 12 heavy (non-hydrogen) atoms. The minimum Gasteiger partial charge on any atom is -0.338 e. The Bertz CT molecular complexity index is 271. The third kappa shape index (κ3) is 3.15. The molecule has 5 heteroatoms. The standard InChI is InChI=1S/C7H10BrN3O/c1-5(8)3-9-4-7-10-6(2)11-12-7/h9H,1,3-4H2,2H3. The van der Waals surface area contributed by atoms with Crippen molar-refractivity contribution in [2.45, 2.75) is 13.5 Å². The van der Waals surface area contributed by atoms with Crippen LogP contribution in [0.5, 0.6) is 0 Å². The van der Waals surface area contributed by atoms with Gasteiger partial charge < -0.3 is 9.84 Å². The number of halogens is 1. The van der Waals surface area contributed by atoms with Gasteiger partial charge in [0.15, 0.2) is 5.82 Å². The molecule has 4 nitrogen and oxygen atoms in total.